The zero-order chi connectivity index (χ0) is 15.5. The first-order valence-corrected chi connectivity index (χ1v) is 6.40. The number of amides is 1. The molecule has 0 aliphatic rings. The van der Waals surface area contributed by atoms with Crippen molar-refractivity contribution >= 4 is 11.9 Å². The van der Waals surface area contributed by atoms with Crippen LogP contribution in [-0.4, -0.2) is 32.1 Å². The van der Waals surface area contributed by atoms with E-state index in [2.05, 4.69) is 15.4 Å². The molecule has 1 aromatic rings. The van der Waals surface area contributed by atoms with Crippen molar-refractivity contribution in [3.63, 3.8) is 0 Å². The third kappa shape index (κ3) is 6.25. The van der Waals surface area contributed by atoms with Crippen LogP contribution in [-0.2, 0) is 20.7 Å². The van der Waals surface area contributed by atoms with E-state index >= 15 is 0 Å². The van der Waals surface area contributed by atoms with Crippen molar-refractivity contribution in [1.29, 1.82) is 5.26 Å². The summed E-state index contributed by atoms with van der Waals surface area (Å²) in [5.41, 5.74) is 1.01. The fraction of sp³-hybridized carbons (Fsp3) is 0.267. The number of nitrogens with zero attached hydrogens (tertiary/aromatic N) is 1. The molecule has 6 nitrogen and oxygen atoms in total. The van der Waals surface area contributed by atoms with Gasteiger partial charge >= 0.3 is 5.97 Å². The highest BCUT2D eigenvalue weighted by Gasteiger charge is 2.08. The minimum atomic E-state index is -0.481. The van der Waals surface area contributed by atoms with Gasteiger partial charge in [-0.2, -0.15) is 5.26 Å². The Labute approximate surface area is 123 Å². The van der Waals surface area contributed by atoms with Gasteiger partial charge in [-0.05, 0) is 12.0 Å². The van der Waals surface area contributed by atoms with Gasteiger partial charge < -0.3 is 15.4 Å². The Morgan fingerprint density at radius 3 is 2.67 bits per heavy atom. The van der Waals surface area contributed by atoms with Crippen LogP contribution in [0.25, 0.3) is 0 Å². The van der Waals surface area contributed by atoms with E-state index in [1.807, 2.05) is 30.3 Å². The SMILES string of the molecule is COC(=O)CN/C=C(/C#N)C(=O)NCCc1ccccc1. The average Bonchev–Trinajstić information content (AvgIpc) is 2.52. The number of carbonyl (C=O) groups is 2. The summed E-state index contributed by atoms with van der Waals surface area (Å²) in [5, 5.41) is 14.1. The zero-order valence-electron chi connectivity index (χ0n) is 11.8. The van der Waals surface area contributed by atoms with Crippen LogP contribution in [0.5, 0.6) is 0 Å². The molecule has 0 heterocycles. The molecule has 0 spiro atoms. The standard InChI is InChI=1S/C15H17N3O3/c1-21-14(19)11-17-10-13(9-16)15(20)18-8-7-12-5-3-2-4-6-12/h2-6,10,17H,7-8,11H2,1H3,(H,18,20)/b13-10-. The second kappa shape index (κ2) is 9.15. The molecule has 0 bridgehead atoms. The van der Waals surface area contributed by atoms with Gasteiger partial charge in [0, 0.05) is 12.7 Å². The van der Waals surface area contributed by atoms with Crippen molar-refractivity contribution < 1.29 is 14.3 Å². The van der Waals surface area contributed by atoms with Crippen LogP contribution in [0, 0.1) is 11.3 Å². The van der Waals surface area contributed by atoms with Gasteiger partial charge in [-0.3, -0.25) is 9.59 Å². The van der Waals surface area contributed by atoms with E-state index in [1.165, 1.54) is 13.3 Å². The monoisotopic (exact) mass is 287 g/mol. The van der Waals surface area contributed by atoms with E-state index in [1.54, 1.807) is 6.07 Å². The molecule has 6 heteroatoms. The molecule has 0 aromatic heterocycles. The zero-order valence-corrected chi connectivity index (χ0v) is 11.8. The fourth-order valence-electron chi connectivity index (χ4n) is 1.52. The highest BCUT2D eigenvalue weighted by Crippen LogP contribution is 1.98. The summed E-state index contributed by atoms with van der Waals surface area (Å²) in [5.74, 6) is -0.959. The number of benzene rings is 1. The molecule has 1 aromatic carbocycles. The Morgan fingerprint density at radius 2 is 2.05 bits per heavy atom. The van der Waals surface area contributed by atoms with Crippen LogP contribution in [0.4, 0.5) is 0 Å². The first-order chi connectivity index (χ1) is 10.2. The second-order valence-corrected chi connectivity index (χ2v) is 4.12. The van der Waals surface area contributed by atoms with Crippen LogP contribution in [0.2, 0.25) is 0 Å². The van der Waals surface area contributed by atoms with Gasteiger partial charge in [0.05, 0.1) is 7.11 Å². The van der Waals surface area contributed by atoms with E-state index in [9.17, 15) is 9.59 Å². The second-order valence-electron chi connectivity index (χ2n) is 4.12. The normalized spacial score (nSPS) is 10.4. The van der Waals surface area contributed by atoms with E-state index in [0.29, 0.717) is 13.0 Å². The molecule has 0 saturated carbocycles. The molecule has 110 valence electrons. The first-order valence-electron chi connectivity index (χ1n) is 6.40. The Bertz CT molecular complexity index is 547. The number of rotatable bonds is 7. The lowest BCUT2D eigenvalue weighted by Crippen LogP contribution is -2.28. The predicted molar refractivity (Wildman–Crippen MR) is 76.9 cm³/mol. The summed E-state index contributed by atoms with van der Waals surface area (Å²) in [4.78, 5) is 22.6. The molecule has 0 aliphatic carbocycles. The largest absolute Gasteiger partial charge is 0.468 e. The Balaban J connectivity index is 2.39. The third-order valence-corrected chi connectivity index (χ3v) is 2.63. The van der Waals surface area contributed by atoms with Gasteiger partial charge in [-0.25, -0.2) is 0 Å². The first kappa shape index (κ1) is 16.2. The molecule has 1 amide bonds. The minimum Gasteiger partial charge on any atom is -0.468 e. The number of nitriles is 1. The minimum absolute atomic E-state index is 0.0908. The molecule has 21 heavy (non-hydrogen) atoms. The van der Waals surface area contributed by atoms with Crippen LogP contribution >= 0.6 is 0 Å². The van der Waals surface area contributed by atoms with E-state index in [0.717, 1.165) is 5.56 Å². The smallest absolute Gasteiger partial charge is 0.325 e. The number of methoxy groups -OCH3 is 1. The predicted octanol–water partition coefficient (Wildman–Crippen LogP) is 0.515. The summed E-state index contributed by atoms with van der Waals surface area (Å²) in [6.07, 6.45) is 1.88. The maximum Gasteiger partial charge on any atom is 0.325 e. The van der Waals surface area contributed by atoms with Gasteiger partial charge in [0.1, 0.15) is 18.2 Å². The van der Waals surface area contributed by atoms with Gasteiger partial charge in [-0.1, -0.05) is 30.3 Å². The molecule has 0 fully saturated rings. The molecule has 2 N–H and O–H groups in total. The lowest BCUT2D eigenvalue weighted by Gasteiger charge is -2.05. The van der Waals surface area contributed by atoms with Crippen molar-refractivity contribution in [2.45, 2.75) is 6.42 Å². The average molecular weight is 287 g/mol. The van der Waals surface area contributed by atoms with E-state index in [-0.39, 0.29) is 12.1 Å². The maximum atomic E-state index is 11.8. The lowest BCUT2D eigenvalue weighted by atomic mass is 10.1. The van der Waals surface area contributed by atoms with Crippen LogP contribution < -0.4 is 10.6 Å². The van der Waals surface area contributed by atoms with Gasteiger partial charge in [0.15, 0.2) is 0 Å². The van der Waals surface area contributed by atoms with Crippen molar-refractivity contribution in [3.8, 4) is 6.07 Å². The van der Waals surface area contributed by atoms with Crippen molar-refractivity contribution in [2.75, 3.05) is 20.2 Å². The number of nitrogens with one attached hydrogen (secondary N) is 2. The third-order valence-electron chi connectivity index (χ3n) is 2.63. The molecule has 0 aliphatic heterocycles. The maximum absolute atomic E-state index is 11.8. The summed E-state index contributed by atoms with van der Waals surface area (Å²) < 4.78 is 4.43. The molecular formula is C15H17N3O3. The highest BCUT2D eigenvalue weighted by atomic mass is 16.5. The Hall–Kier alpha value is -2.81. The number of esters is 1. The van der Waals surface area contributed by atoms with Crippen LogP contribution in [0.15, 0.2) is 42.1 Å². The van der Waals surface area contributed by atoms with Gasteiger partial charge in [0.25, 0.3) is 5.91 Å². The quantitative estimate of drug-likeness (QED) is 0.433. The van der Waals surface area contributed by atoms with Crippen LogP contribution in [0.3, 0.4) is 0 Å². The summed E-state index contributed by atoms with van der Waals surface area (Å²) in [7, 11) is 1.26. The van der Waals surface area contributed by atoms with Crippen molar-refractivity contribution in [3.05, 3.63) is 47.7 Å². The summed E-state index contributed by atoms with van der Waals surface area (Å²) in [6.45, 7) is 0.331. The topological polar surface area (TPSA) is 91.2 Å². The van der Waals surface area contributed by atoms with Gasteiger partial charge in [-0.15, -0.1) is 0 Å². The highest BCUT2D eigenvalue weighted by molar-refractivity contribution is 5.97. The summed E-state index contributed by atoms with van der Waals surface area (Å²) >= 11 is 0. The van der Waals surface area contributed by atoms with Crippen molar-refractivity contribution in [2.24, 2.45) is 0 Å². The Morgan fingerprint density at radius 1 is 1.33 bits per heavy atom. The van der Waals surface area contributed by atoms with E-state index < -0.39 is 11.9 Å². The molecular weight excluding hydrogens is 270 g/mol. The number of hydrogen-bond acceptors (Lipinski definition) is 5. The molecule has 0 atom stereocenters. The number of carbonyl (C=O) groups excluding carboxylic acids is 2. The number of ether oxygens (including phenoxy) is 1. The Kier molecular flexibility index (Phi) is 7.08. The van der Waals surface area contributed by atoms with Crippen molar-refractivity contribution in [1.82, 2.24) is 10.6 Å². The molecule has 0 unspecified atom stereocenters. The fourth-order valence-corrected chi connectivity index (χ4v) is 1.52. The number of hydrogen-bond donors (Lipinski definition) is 2. The van der Waals surface area contributed by atoms with Gasteiger partial charge in [0.2, 0.25) is 0 Å². The lowest BCUT2D eigenvalue weighted by molar-refractivity contribution is -0.139. The molecule has 1 rings (SSSR count). The summed E-state index contributed by atoms with van der Waals surface area (Å²) in [6, 6.07) is 11.5. The van der Waals surface area contributed by atoms with Crippen LogP contribution in [0.1, 0.15) is 5.56 Å². The molecule has 0 radical (unpaired) electrons. The van der Waals surface area contributed by atoms with E-state index in [4.69, 9.17) is 5.26 Å². The molecule has 0 saturated heterocycles.